The Morgan fingerprint density at radius 1 is 1.43 bits per heavy atom. The van der Waals surface area contributed by atoms with Crippen molar-refractivity contribution < 1.29 is 9.90 Å². The third-order valence-corrected chi connectivity index (χ3v) is 3.92. The second-order valence-electron chi connectivity index (χ2n) is 5.55. The van der Waals surface area contributed by atoms with Crippen molar-refractivity contribution >= 4 is 5.91 Å². The van der Waals surface area contributed by atoms with Crippen LogP contribution in [-0.2, 0) is 0 Å². The molecule has 1 aliphatic rings. The van der Waals surface area contributed by atoms with Crippen molar-refractivity contribution in [2.75, 3.05) is 20.2 Å². The van der Waals surface area contributed by atoms with Gasteiger partial charge in [0.05, 0.1) is 5.56 Å². The first-order valence-corrected chi connectivity index (χ1v) is 7.52. The van der Waals surface area contributed by atoms with Gasteiger partial charge in [0, 0.05) is 19.8 Å². The molecule has 1 aromatic heterocycles. The Hall–Kier alpha value is -1.86. The molecule has 21 heavy (non-hydrogen) atoms. The van der Waals surface area contributed by atoms with Crippen LogP contribution in [0.3, 0.4) is 0 Å². The van der Waals surface area contributed by atoms with Crippen LogP contribution in [-0.4, -0.2) is 41.1 Å². The van der Waals surface area contributed by atoms with Gasteiger partial charge in [-0.15, -0.1) is 0 Å². The molecule has 2 rings (SSSR count). The average Bonchev–Trinajstić information content (AvgIpc) is 2.53. The highest BCUT2D eigenvalue weighted by Gasteiger charge is 2.21. The number of hydrogen-bond donors (Lipinski definition) is 1. The van der Waals surface area contributed by atoms with Gasteiger partial charge in [-0.05, 0) is 30.9 Å². The number of nitrogens with zero attached hydrogens (tertiary/aromatic N) is 2. The van der Waals surface area contributed by atoms with E-state index in [1.165, 1.54) is 32.1 Å². The lowest BCUT2D eigenvalue weighted by Gasteiger charge is -2.27. The van der Waals surface area contributed by atoms with Crippen LogP contribution in [0.4, 0.5) is 0 Å². The van der Waals surface area contributed by atoms with Crippen LogP contribution in [0, 0.1) is 17.8 Å². The van der Waals surface area contributed by atoms with Crippen molar-refractivity contribution in [3.63, 3.8) is 0 Å². The fourth-order valence-corrected chi connectivity index (χ4v) is 2.83. The quantitative estimate of drug-likeness (QED) is 0.866. The number of rotatable bonds is 3. The Balaban J connectivity index is 2.08. The van der Waals surface area contributed by atoms with Crippen LogP contribution in [0.15, 0.2) is 18.3 Å². The molecule has 1 aromatic rings. The molecule has 0 bridgehead atoms. The highest BCUT2D eigenvalue weighted by Crippen LogP contribution is 2.24. The number of pyridine rings is 1. The van der Waals surface area contributed by atoms with E-state index >= 15 is 0 Å². The van der Waals surface area contributed by atoms with Crippen molar-refractivity contribution in [3.8, 4) is 11.8 Å². The van der Waals surface area contributed by atoms with Crippen molar-refractivity contribution in [2.24, 2.45) is 5.92 Å². The number of carbonyl (C=O) groups excluding carboxylic acids is 1. The molecule has 0 saturated heterocycles. The van der Waals surface area contributed by atoms with E-state index in [2.05, 4.69) is 16.8 Å². The van der Waals surface area contributed by atoms with Gasteiger partial charge in [-0.3, -0.25) is 4.79 Å². The van der Waals surface area contributed by atoms with Crippen LogP contribution in [0.5, 0.6) is 0 Å². The minimum atomic E-state index is -0.222. The minimum absolute atomic E-state index is 0.0941. The zero-order valence-corrected chi connectivity index (χ0v) is 12.5. The van der Waals surface area contributed by atoms with E-state index in [9.17, 15) is 4.79 Å². The highest BCUT2D eigenvalue weighted by molar-refractivity contribution is 5.94. The van der Waals surface area contributed by atoms with Gasteiger partial charge >= 0.3 is 0 Å². The summed E-state index contributed by atoms with van der Waals surface area (Å²) in [7, 11) is 1.83. The van der Waals surface area contributed by atoms with Crippen molar-refractivity contribution in [2.45, 2.75) is 32.1 Å². The van der Waals surface area contributed by atoms with Gasteiger partial charge in [0.1, 0.15) is 12.3 Å². The fraction of sp³-hybridized carbons (Fsp3) is 0.529. The Labute approximate surface area is 126 Å². The van der Waals surface area contributed by atoms with E-state index < -0.39 is 0 Å². The van der Waals surface area contributed by atoms with Gasteiger partial charge in [0.25, 0.3) is 5.91 Å². The van der Waals surface area contributed by atoms with E-state index in [0.29, 0.717) is 17.2 Å². The molecule has 0 aliphatic heterocycles. The summed E-state index contributed by atoms with van der Waals surface area (Å²) in [6, 6.07) is 3.51. The van der Waals surface area contributed by atoms with Crippen LogP contribution < -0.4 is 0 Å². The summed E-state index contributed by atoms with van der Waals surface area (Å²) < 4.78 is 0. The van der Waals surface area contributed by atoms with E-state index in [1.54, 1.807) is 23.2 Å². The van der Waals surface area contributed by atoms with Gasteiger partial charge in [-0.1, -0.05) is 31.1 Å². The second kappa shape index (κ2) is 7.80. The lowest BCUT2D eigenvalue weighted by molar-refractivity contribution is 0.0754. The highest BCUT2D eigenvalue weighted by atomic mass is 16.2. The molecule has 0 aromatic carbocycles. The summed E-state index contributed by atoms with van der Waals surface area (Å²) in [4.78, 5) is 18.5. The number of aromatic nitrogens is 1. The summed E-state index contributed by atoms with van der Waals surface area (Å²) in [5.74, 6) is 5.87. The predicted octanol–water partition coefficient (Wildman–Crippen LogP) is 2.08. The SMILES string of the molecule is CN(CC1CCCCC1)C(=O)c1ncccc1C#CCO. The van der Waals surface area contributed by atoms with E-state index in [-0.39, 0.29) is 12.5 Å². The standard InChI is InChI=1S/C17H22N2O2/c1-19(13-14-7-3-2-4-8-14)17(21)16-15(10-6-12-20)9-5-11-18-16/h5,9,11,14,20H,2-4,7-8,12-13H2,1H3. The molecule has 1 aliphatic carbocycles. The molecule has 1 fully saturated rings. The lowest BCUT2D eigenvalue weighted by atomic mass is 9.89. The maximum atomic E-state index is 12.5. The molecule has 1 N–H and O–H groups in total. The fourth-order valence-electron chi connectivity index (χ4n) is 2.83. The second-order valence-corrected chi connectivity index (χ2v) is 5.55. The van der Waals surface area contributed by atoms with E-state index in [4.69, 9.17) is 5.11 Å². The first-order valence-electron chi connectivity index (χ1n) is 7.52. The zero-order valence-electron chi connectivity index (χ0n) is 12.5. The molecule has 4 nitrogen and oxygen atoms in total. The summed E-state index contributed by atoms with van der Waals surface area (Å²) in [6.45, 7) is 0.558. The number of carbonyl (C=O) groups is 1. The third-order valence-electron chi connectivity index (χ3n) is 3.92. The molecule has 0 unspecified atom stereocenters. The summed E-state index contributed by atoms with van der Waals surface area (Å²) in [5.41, 5.74) is 0.948. The molecule has 1 amide bonds. The maximum absolute atomic E-state index is 12.5. The van der Waals surface area contributed by atoms with Crippen LogP contribution in [0.2, 0.25) is 0 Å². The normalized spacial score (nSPS) is 15.1. The number of aliphatic hydroxyl groups is 1. The molecule has 112 valence electrons. The average molecular weight is 286 g/mol. The molecular formula is C17H22N2O2. The molecule has 0 spiro atoms. The van der Waals surface area contributed by atoms with Crippen molar-refractivity contribution in [1.29, 1.82) is 0 Å². The summed E-state index contributed by atoms with van der Waals surface area (Å²) in [6.07, 6.45) is 7.86. The molecule has 0 radical (unpaired) electrons. The molecule has 1 saturated carbocycles. The predicted molar refractivity (Wildman–Crippen MR) is 81.7 cm³/mol. The van der Waals surface area contributed by atoms with Gasteiger partial charge in [-0.2, -0.15) is 0 Å². The van der Waals surface area contributed by atoms with Crippen LogP contribution >= 0.6 is 0 Å². The van der Waals surface area contributed by atoms with Gasteiger partial charge in [0.15, 0.2) is 0 Å². The summed E-state index contributed by atoms with van der Waals surface area (Å²) in [5, 5.41) is 8.79. The monoisotopic (exact) mass is 286 g/mol. The topological polar surface area (TPSA) is 53.4 Å². The lowest BCUT2D eigenvalue weighted by Crippen LogP contribution is -2.33. The smallest absolute Gasteiger partial charge is 0.273 e. The van der Waals surface area contributed by atoms with Gasteiger partial charge in [-0.25, -0.2) is 4.98 Å². The van der Waals surface area contributed by atoms with Crippen LogP contribution in [0.1, 0.15) is 48.2 Å². The molecule has 0 atom stereocenters. The minimum Gasteiger partial charge on any atom is -0.384 e. The molecule has 4 heteroatoms. The zero-order chi connectivity index (χ0) is 15.1. The Morgan fingerprint density at radius 2 is 2.19 bits per heavy atom. The molecular weight excluding hydrogens is 264 g/mol. The first kappa shape index (κ1) is 15.5. The van der Waals surface area contributed by atoms with E-state index in [0.717, 1.165) is 6.54 Å². The summed E-state index contributed by atoms with van der Waals surface area (Å²) >= 11 is 0. The largest absolute Gasteiger partial charge is 0.384 e. The number of hydrogen-bond acceptors (Lipinski definition) is 3. The van der Waals surface area contributed by atoms with Gasteiger partial charge in [0.2, 0.25) is 0 Å². The van der Waals surface area contributed by atoms with Gasteiger partial charge < -0.3 is 10.0 Å². The molecule has 1 heterocycles. The number of aliphatic hydroxyl groups excluding tert-OH is 1. The maximum Gasteiger partial charge on any atom is 0.273 e. The van der Waals surface area contributed by atoms with E-state index in [1.807, 2.05) is 7.05 Å². The first-order chi connectivity index (χ1) is 10.2. The van der Waals surface area contributed by atoms with Crippen molar-refractivity contribution in [1.82, 2.24) is 9.88 Å². The Morgan fingerprint density at radius 3 is 2.90 bits per heavy atom. The third kappa shape index (κ3) is 4.30. The Bertz CT molecular complexity index is 539. The van der Waals surface area contributed by atoms with Crippen molar-refractivity contribution in [3.05, 3.63) is 29.6 Å². The Kier molecular flexibility index (Phi) is 5.77. The number of amides is 1. The van der Waals surface area contributed by atoms with Crippen LogP contribution in [0.25, 0.3) is 0 Å².